The van der Waals surface area contributed by atoms with Crippen LogP contribution in [0.25, 0.3) is 6.08 Å². The van der Waals surface area contributed by atoms with Gasteiger partial charge in [0.1, 0.15) is 0 Å². The fourth-order valence-corrected chi connectivity index (χ4v) is 3.72. The number of aryl methyl sites for hydroxylation is 1. The topological polar surface area (TPSA) is 37.4 Å². The molecule has 0 saturated carbocycles. The van der Waals surface area contributed by atoms with Crippen LogP contribution in [0.1, 0.15) is 16.7 Å². The normalized spacial score (nSPS) is 11.0. The molecule has 0 bridgehead atoms. The molecule has 0 spiro atoms. The first-order valence-electron chi connectivity index (χ1n) is 8.93. The molecule has 0 heterocycles. The van der Waals surface area contributed by atoms with Crippen LogP contribution in [0.5, 0.6) is 0 Å². The van der Waals surface area contributed by atoms with Crippen LogP contribution in [0, 0.1) is 18.9 Å². The zero-order valence-electron chi connectivity index (χ0n) is 15.6. The van der Waals surface area contributed by atoms with Gasteiger partial charge in [-0.05, 0) is 42.7 Å². The summed E-state index contributed by atoms with van der Waals surface area (Å²) in [6.45, 7) is 2.08. The summed E-state index contributed by atoms with van der Waals surface area (Å²) in [4.78, 5) is 0.230. The van der Waals surface area contributed by atoms with E-state index in [4.69, 9.17) is 0 Å². The third-order valence-electron chi connectivity index (χ3n) is 4.09. The predicted octanol–water partition coefficient (Wildman–Crippen LogP) is 4.71. The van der Waals surface area contributed by atoms with Crippen molar-refractivity contribution in [1.29, 1.82) is 0 Å². The SMILES string of the molecule is Cc1ccc(S(=O)(=O)N(C#Cc2ccccc2)C/C=C/c2ccccc2)cc1. The Hall–Kier alpha value is -3.29. The van der Waals surface area contributed by atoms with Crippen LogP contribution in [0.2, 0.25) is 0 Å². The lowest BCUT2D eigenvalue weighted by Crippen LogP contribution is -2.26. The maximum absolute atomic E-state index is 13.1. The second kappa shape index (κ2) is 9.07. The van der Waals surface area contributed by atoms with Crippen molar-refractivity contribution in [3.8, 4) is 12.0 Å². The Balaban J connectivity index is 1.90. The Morgan fingerprint density at radius 3 is 2.11 bits per heavy atom. The lowest BCUT2D eigenvalue weighted by Gasteiger charge is -2.16. The molecule has 0 unspecified atom stereocenters. The largest absolute Gasteiger partial charge is 0.271 e. The van der Waals surface area contributed by atoms with Gasteiger partial charge >= 0.3 is 0 Å². The number of hydrogen-bond donors (Lipinski definition) is 0. The molecule has 0 atom stereocenters. The average molecular weight is 388 g/mol. The molecule has 0 aliphatic heterocycles. The lowest BCUT2D eigenvalue weighted by atomic mass is 10.2. The molecule has 3 aromatic rings. The average Bonchev–Trinajstić information content (AvgIpc) is 2.72. The Morgan fingerprint density at radius 2 is 1.46 bits per heavy atom. The summed E-state index contributed by atoms with van der Waals surface area (Å²) >= 11 is 0. The first kappa shape index (κ1) is 19.5. The minimum atomic E-state index is -3.73. The van der Waals surface area contributed by atoms with Crippen LogP contribution in [0.3, 0.4) is 0 Å². The van der Waals surface area contributed by atoms with Crippen molar-refractivity contribution in [2.45, 2.75) is 11.8 Å². The lowest BCUT2D eigenvalue weighted by molar-refractivity contribution is 0.533. The summed E-state index contributed by atoms with van der Waals surface area (Å²) in [5, 5.41) is 0. The maximum atomic E-state index is 13.1. The van der Waals surface area contributed by atoms with Crippen molar-refractivity contribution in [1.82, 2.24) is 4.31 Å². The van der Waals surface area contributed by atoms with Gasteiger partial charge in [0.25, 0.3) is 10.0 Å². The van der Waals surface area contributed by atoms with Crippen molar-refractivity contribution in [2.75, 3.05) is 6.54 Å². The first-order valence-corrected chi connectivity index (χ1v) is 10.4. The van der Waals surface area contributed by atoms with Gasteiger partial charge in [0.2, 0.25) is 0 Å². The van der Waals surface area contributed by atoms with E-state index < -0.39 is 10.0 Å². The van der Waals surface area contributed by atoms with E-state index >= 15 is 0 Å². The molecular formula is C24H21NO2S. The number of benzene rings is 3. The zero-order valence-corrected chi connectivity index (χ0v) is 16.4. The highest BCUT2D eigenvalue weighted by atomic mass is 32.2. The molecule has 3 rings (SSSR count). The Morgan fingerprint density at radius 1 is 0.857 bits per heavy atom. The summed E-state index contributed by atoms with van der Waals surface area (Å²) in [7, 11) is -3.73. The summed E-state index contributed by atoms with van der Waals surface area (Å²) in [5.74, 6) is 2.94. The molecule has 4 heteroatoms. The van der Waals surface area contributed by atoms with Crippen LogP contribution < -0.4 is 0 Å². The van der Waals surface area contributed by atoms with Gasteiger partial charge in [0.15, 0.2) is 0 Å². The van der Waals surface area contributed by atoms with E-state index in [0.717, 1.165) is 16.7 Å². The van der Waals surface area contributed by atoms with Crippen molar-refractivity contribution in [3.05, 3.63) is 108 Å². The van der Waals surface area contributed by atoms with E-state index in [1.165, 1.54) is 4.31 Å². The highest BCUT2D eigenvalue weighted by molar-refractivity contribution is 7.89. The third kappa shape index (κ3) is 5.12. The van der Waals surface area contributed by atoms with Crippen molar-refractivity contribution < 1.29 is 8.42 Å². The van der Waals surface area contributed by atoms with E-state index in [9.17, 15) is 8.42 Å². The van der Waals surface area contributed by atoms with E-state index in [2.05, 4.69) is 12.0 Å². The van der Waals surface area contributed by atoms with Crippen LogP contribution in [0.4, 0.5) is 0 Å². The summed E-state index contributed by atoms with van der Waals surface area (Å²) in [5.41, 5.74) is 2.77. The standard InChI is InChI=1S/C24H21NO2S/c1-21-14-16-24(17-15-21)28(26,27)25(20-18-23-11-6-3-7-12-23)19-8-13-22-9-4-2-5-10-22/h2-17H,19H2,1H3/b13-8+. The zero-order chi connectivity index (χ0) is 19.8. The van der Waals surface area contributed by atoms with Gasteiger partial charge in [-0.2, -0.15) is 0 Å². The predicted molar refractivity (Wildman–Crippen MR) is 114 cm³/mol. The molecule has 28 heavy (non-hydrogen) atoms. The molecule has 0 aliphatic carbocycles. The van der Waals surface area contributed by atoms with Crippen molar-refractivity contribution in [2.24, 2.45) is 0 Å². The highest BCUT2D eigenvalue weighted by Gasteiger charge is 2.21. The molecule has 0 radical (unpaired) electrons. The number of rotatable bonds is 5. The van der Waals surface area contributed by atoms with Crippen LogP contribution in [-0.2, 0) is 10.0 Å². The Bertz CT molecular complexity index is 1090. The molecule has 0 fully saturated rings. The maximum Gasteiger partial charge on any atom is 0.271 e. The van der Waals surface area contributed by atoms with E-state index in [1.54, 1.807) is 30.3 Å². The van der Waals surface area contributed by atoms with Gasteiger partial charge in [-0.15, -0.1) is 0 Å². The van der Waals surface area contributed by atoms with E-state index in [0.29, 0.717) is 0 Å². The van der Waals surface area contributed by atoms with Gasteiger partial charge in [-0.3, -0.25) is 0 Å². The summed E-state index contributed by atoms with van der Waals surface area (Å²) in [6.07, 6.45) is 3.70. The second-order valence-electron chi connectivity index (χ2n) is 6.27. The Kier molecular flexibility index (Phi) is 6.31. The Labute approximate surface area is 167 Å². The molecule has 0 aromatic heterocycles. The molecule has 0 aliphatic rings. The number of hydrogen-bond acceptors (Lipinski definition) is 2. The van der Waals surface area contributed by atoms with E-state index in [1.807, 2.05) is 73.7 Å². The van der Waals surface area contributed by atoms with Gasteiger partial charge in [0, 0.05) is 11.6 Å². The third-order valence-corrected chi connectivity index (χ3v) is 5.78. The van der Waals surface area contributed by atoms with E-state index in [-0.39, 0.29) is 11.4 Å². The van der Waals surface area contributed by atoms with Crippen molar-refractivity contribution >= 4 is 16.1 Å². The van der Waals surface area contributed by atoms with Gasteiger partial charge < -0.3 is 0 Å². The monoisotopic (exact) mass is 387 g/mol. The number of nitrogens with zero attached hydrogens (tertiary/aromatic N) is 1. The summed E-state index contributed by atoms with van der Waals surface area (Å²) in [6, 6.07) is 28.7. The van der Waals surface area contributed by atoms with Gasteiger partial charge in [0.05, 0.1) is 11.4 Å². The smallest absolute Gasteiger partial charge is 0.220 e. The molecule has 140 valence electrons. The first-order chi connectivity index (χ1) is 13.6. The summed E-state index contributed by atoms with van der Waals surface area (Å²) < 4.78 is 27.4. The minimum absolute atomic E-state index is 0.158. The molecule has 0 saturated heterocycles. The second-order valence-corrected chi connectivity index (χ2v) is 8.13. The quantitative estimate of drug-likeness (QED) is 0.470. The van der Waals surface area contributed by atoms with Gasteiger partial charge in [-0.25, -0.2) is 12.7 Å². The van der Waals surface area contributed by atoms with Crippen LogP contribution in [0.15, 0.2) is 95.9 Å². The molecule has 0 N–H and O–H groups in total. The fraction of sp³-hybridized carbons (Fsp3) is 0.0833. The van der Waals surface area contributed by atoms with Crippen LogP contribution >= 0.6 is 0 Å². The minimum Gasteiger partial charge on any atom is -0.220 e. The highest BCUT2D eigenvalue weighted by Crippen LogP contribution is 2.16. The van der Waals surface area contributed by atoms with Gasteiger partial charge in [-0.1, -0.05) is 78.4 Å². The molecular weight excluding hydrogens is 366 g/mol. The number of sulfonamides is 1. The molecule has 3 aromatic carbocycles. The molecule has 0 amide bonds. The fourth-order valence-electron chi connectivity index (χ4n) is 2.54. The van der Waals surface area contributed by atoms with Crippen LogP contribution in [-0.4, -0.2) is 19.3 Å². The molecule has 3 nitrogen and oxygen atoms in total. The van der Waals surface area contributed by atoms with Crippen molar-refractivity contribution in [3.63, 3.8) is 0 Å².